The Bertz CT molecular complexity index is 234. The molecule has 0 aliphatic rings. The second kappa shape index (κ2) is 14.2. The molecule has 0 spiro atoms. The van der Waals surface area contributed by atoms with Crippen molar-refractivity contribution in [2.24, 2.45) is 0 Å². The molecule has 0 aliphatic carbocycles. The molecular formula is C16H35AsO3. The zero-order chi connectivity index (χ0) is 15.1. The molecule has 0 aromatic carbocycles. The summed E-state index contributed by atoms with van der Waals surface area (Å²) in [6.45, 7) is 2.26. The van der Waals surface area contributed by atoms with Gasteiger partial charge in [0, 0.05) is 0 Å². The normalized spacial score (nSPS) is 11.9. The molecule has 0 aliphatic heterocycles. The standard InChI is InChI=1S/C16H35AsO3/c1-2-3-4-5-6-7-8-9-10-11-12-17(20,13-15-18)14-16-19/h18-19H,2-16H2,1H3. The molecule has 4 heteroatoms. The molecule has 0 radical (unpaired) electrons. The van der Waals surface area contributed by atoms with Crippen LogP contribution in [0.3, 0.4) is 0 Å². The maximum absolute atomic E-state index is 12.4. The zero-order valence-electron chi connectivity index (χ0n) is 13.4. The van der Waals surface area contributed by atoms with Gasteiger partial charge in [-0.3, -0.25) is 0 Å². The average molecular weight is 350 g/mol. The van der Waals surface area contributed by atoms with E-state index in [4.69, 9.17) is 10.2 Å². The molecule has 2 N–H and O–H groups in total. The Hall–Kier alpha value is 0.278. The Kier molecular flexibility index (Phi) is 14.4. The number of aliphatic hydroxyl groups is 2. The van der Waals surface area contributed by atoms with Crippen molar-refractivity contribution in [2.75, 3.05) is 13.2 Å². The third-order valence-corrected chi connectivity index (χ3v) is 10.6. The minimum absolute atomic E-state index is 0.00819. The summed E-state index contributed by atoms with van der Waals surface area (Å²) in [6.07, 6.45) is 12.8. The van der Waals surface area contributed by atoms with Gasteiger partial charge < -0.3 is 0 Å². The molecule has 0 aromatic heterocycles. The van der Waals surface area contributed by atoms with E-state index < -0.39 is 13.5 Å². The summed E-state index contributed by atoms with van der Waals surface area (Å²) in [7, 11) is 0. The fraction of sp³-hybridized carbons (Fsp3) is 1.00. The van der Waals surface area contributed by atoms with Gasteiger partial charge in [-0.25, -0.2) is 0 Å². The van der Waals surface area contributed by atoms with Gasteiger partial charge in [-0.2, -0.15) is 0 Å². The molecule has 20 heavy (non-hydrogen) atoms. The summed E-state index contributed by atoms with van der Waals surface area (Å²) in [4.78, 5) is 0. The van der Waals surface area contributed by atoms with Gasteiger partial charge >= 0.3 is 127 Å². The van der Waals surface area contributed by atoms with E-state index in [1.807, 2.05) is 0 Å². The van der Waals surface area contributed by atoms with Gasteiger partial charge in [0.1, 0.15) is 0 Å². The summed E-state index contributed by atoms with van der Waals surface area (Å²) in [5.41, 5.74) is 0. The Morgan fingerprint density at radius 2 is 1.05 bits per heavy atom. The SMILES string of the molecule is CCCCCCCCCCCC[As](=O)(CCO)CCO. The van der Waals surface area contributed by atoms with Crippen LogP contribution in [-0.4, -0.2) is 36.9 Å². The maximum atomic E-state index is 12.4. The van der Waals surface area contributed by atoms with Crippen molar-refractivity contribution in [2.45, 2.75) is 86.8 Å². The van der Waals surface area contributed by atoms with Gasteiger partial charge in [0.15, 0.2) is 0 Å². The molecule has 3 nitrogen and oxygen atoms in total. The Morgan fingerprint density at radius 1 is 0.650 bits per heavy atom. The van der Waals surface area contributed by atoms with Crippen LogP contribution >= 0.6 is 0 Å². The zero-order valence-corrected chi connectivity index (χ0v) is 15.2. The van der Waals surface area contributed by atoms with Gasteiger partial charge in [0.25, 0.3) is 0 Å². The van der Waals surface area contributed by atoms with E-state index in [1.54, 1.807) is 0 Å². The van der Waals surface area contributed by atoms with Crippen molar-refractivity contribution < 1.29 is 14.0 Å². The van der Waals surface area contributed by atoms with E-state index in [1.165, 1.54) is 51.4 Å². The van der Waals surface area contributed by atoms with E-state index in [0.29, 0.717) is 10.4 Å². The Labute approximate surface area is 127 Å². The van der Waals surface area contributed by atoms with E-state index in [9.17, 15) is 3.74 Å². The molecule has 0 bridgehead atoms. The van der Waals surface area contributed by atoms with Crippen LogP contribution < -0.4 is 0 Å². The summed E-state index contributed by atoms with van der Waals surface area (Å²) in [5, 5.41) is 19.5. The minimum atomic E-state index is -2.94. The van der Waals surface area contributed by atoms with E-state index in [0.717, 1.165) is 18.1 Å². The quantitative estimate of drug-likeness (QED) is 0.343. The number of hydrogen-bond acceptors (Lipinski definition) is 3. The first-order valence-electron chi connectivity index (χ1n) is 8.47. The molecule has 0 fully saturated rings. The van der Waals surface area contributed by atoms with Crippen molar-refractivity contribution in [3.63, 3.8) is 0 Å². The van der Waals surface area contributed by atoms with E-state index in [2.05, 4.69) is 6.92 Å². The third-order valence-electron chi connectivity index (χ3n) is 3.93. The molecule has 0 rings (SSSR count). The van der Waals surface area contributed by atoms with Crippen LogP contribution in [0.15, 0.2) is 0 Å². The van der Waals surface area contributed by atoms with Gasteiger partial charge in [0.2, 0.25) is 0 Å². The second-order valence-corrected chi connectivity index (χ2v) is 13.1. The van der Waals surface area contributed by atoms with Gasteiger partial charge in [0.05, 0.1) is 0 Å². The number of aliphatic hydroxyl groups excluding tert-OH is 2. The first-order chi connectivity index (χ1) is 9.68. The van der Waals surface area contributed by atoms with E-state index in [-0.39, 0.29) is 13.2 Å². The number of unbranched alkanes of at least 4 members (excludes halogenated alkanes) is 9. The fourth-order valence-electron chi connectivity index (χ4n) is 2.59. The molecule has 0 saturated heterocycles. The Morgan fingerprint density at radius 3 is 1.45 bits per heavy atom. The molecule has 0 saturated carbocycles. The number of hydrogen-bond donors (Lipinski definition) is 2. The van der Waals surface area contributed by atoms with Crippen LogP contribution in [0.4, 0.5) is 0 Å². The van der Waals surface area contributed by atoms with Crippen molar-refractivity contribution in [1.29, 1.82) is 0 Å². The topological polar surface area (TPSA) is 57.5 Å². The van der Waals surface area contributed by atoms with Crippen LogP contribution in [0.25, 0.3) is 0 Å². The predicted molar refractivity (Wildman–Crippen MR) is 86.9 cm³/mol. The van der Waals surface area contributed by atoms with Crippen LogP contribution in [0.1, 0.15) is 71.1 Å². The molecule has 122 valence electrons. The first kappa shape index (κ1) is 20.3. The van der Waals surface area contributed by atoms with E-state index >= 15 is 0 Å². The Balaban J connectivity index is 3.43. The molecular weight excluding hydrogens is 315 g/mol. The molecule has 0 amide bonds. The third kappa shape index (κ3) is 12.1. The van der Waals surface area contributed by atoms with Crippen molar-refractivity contribution >= 4 is 13.5 Å². The van der Waals surface area contributed by atoms with Crippen molar-refractivity contribution in [3.05, 3.63) is 0 Å². The van der Waals surface area contributed by atoms with Crippen molar-refractivity contribution in [3.8, 4) is 0 Å². The van der Waals surface area contributed by atoms with Crippen LogP contribution in [0.2, 0.25) is 15.6 Å². The summed E-state index contributed by atoms with van der Waals surface area (Å²) >= 11 is -2.94. The van der Waals surface area contributed by atoms with Crippen LogP contribution in [0.5, 0.6) is 0 Å². The summed E-state index contributed by atoms with van der Waals surface area (Å²) < 4.78 is 12.4. The monoisotopic (exact) mass is 350 g/mol. The van der Waals surface area contributed by atoms with Gasteiger partial charge in [-0.1, -0.05) is 0 Å². The number of rotatable bonds is 15. The van der Waals surface area contributed by atoms with Gasteiger partial charge in [-0.05, 0) is 0 Å². The molecule has 0 atom stereocenters. The summed E-state index contributed by atoms with van der Waals surface area (Å²) in [5.74, 6) is 0. The van der Waals surface area contributed by atoms with Crippen molar-refractivity contribution in [1.82, 2.24) is 0 Å². The van der Waals surface area contributed by atoms with Crippen LogP contribution in [-0.2, 0) is 3.74 Å². The molecule has 0 aromatic rings. The first-order valence-corrected chi connectivity index (χ1v) is 13.2. The molecule has 0 unspecified atom stereocenters. The van der Waals surface area contributed by atoms with Crippen LogP contribution in [0, 0.1) is 0 Å². The summed E-state index contributed by atoms with van der Waals surface area (Å²) in [6, 6.07) is 0. The molecule has 0 heterocycles. The average Bonchev–Trinajstić information content (AvgIpc) is 2.41. The van der Waals surface area contributed by atoms with Gasteiger partial charge in [-0.15, -0.1) is 0 Å². The second-order valence-electron chi connectivity index (χ2n) is 5.86. The fourth-order valence-corrected chi connectivity index (χ4v) is 7.20. The predicted octanol–water partition coefficient (Wildman–Crippen LogP) is 4.27.